The molecule has 1 aromatic rings. The van der Waals surface area contributed by atoms with Crippen molar-refractivity contribution in [2.24, 2.45) is 0 Å². The predicted molar refractivity (Wildman–Crippen MR) is 49.2 cm³/mol. The van der Waals surface area contributed by atoms with Crippen molar-refractivity contribution in [1.82, 2.24) is 4.98 Å². The number of hydrogen-bond acceptors (Lipinski definition) is 1. The van der Waals surface area contributed by atoms with E-state index in [9.17, 15) is 4.39 Å². The van der Waals surface area contributed by atoms with Crippen LogP contribution in [0.2, 0.25) is 0 Å². The van der Waals surface area contributed by atoms with Gasteiger partial charge in [-0.05, 0) is 5.41 Å². The highest BCUT2D eigenvalue weighted by molar-refractivity contribution is 5.53. The molecule has 0 bridgehead atoms. The summed E-state index contributed by atoms with van der Waals surface area (Å²) in [6.45, 7) is 12.5. The Labute approximate surface area is 77.2 Å². The lowest BCUT2D eigenvalue weighted by Gasteiger charge is -2.20. The predicted octanol–water partition coefficient (Wildman–Crippen LogP) is 3.07. The topological polar surface area (TPSA) is 17.2 Å². The van der Waals surface area contributed by atoms with Gasteiger partial charge in [0.05, 0.1) is 12.8 Å². The molecule has 0 saturated heterocycles. The Balaban J connectivity index is 3.43. The highest BCUT2D eigenvalue weighted by atomic mass is 19.1. The Morgan fingerprint density at radius 1 is 1.38 bits per heavy atom. The van der Waals surface area contributed by atoms with E-state index in [0.717, 1.165) is 6.20 Å². The van der Waals surface area contributed by atoms with E-state index in [1.54, 1.807) is 0 Å². The first-order chi connectivity index (χ1) is 5.96. The summed E-state index contributed by atoms with van der Waals surface area (Å²) in [5.74, 6) is -0.402. The Hall–Kier alpha value is -1.43. The maximum absolute atomic E-state index is 13.3. The Morgan fingerprint density at radius 2 is 2.00 bits per heavy atom. The zero-order chi connectivity index (χ0) is 10.1. The summed E-state index contributed by atoms with van der Waals surface area (Å²) >= 11 is 0. The summed E-state index contributed by atoms with van der Waals surface area (Å²) in [6, 6.07) is 0. The second kappa shape index (κ2) is 3.14. The molecule has 0 aliphatic heterocycles. The van der Waals surface area contributed by atoms with Gasteiger partial charge < -0.3 is 0 Å². The van der Waals surface area contributed by atoms with Crippen molar-refractivity contribution in [3.05, 3.63) is 35.2 Å². The second-order valence-corrected chi connectivity index (χ2v) is 3.88. The normalized spacial score (nSPS) is 11.0. The first kappa shape index (κ1) is 9.66. The van der Waals surface area contributed by atoms with E-state index in [1.807, 2.05) is 20.8 Å². The summed E-state index contributed by atoms with van der Waals surface area (Å²) in [5, 5.41) is 0. The highest BCUT2D eigenvalue weighted by Gasteiger charge is 2.22. The average Bonchev–Trinajstić information content (AvgIpc) is 2.01. The number of hydrogen-bond donors (Lipinski definition) is 0. The monoisotopic (exact) mass is 178 g/mol. The number of halogens is 1. The van der Waals surface area contributed by atoms with Gasteiger partial charge in [-0.15, -0.1) is 0 Å². The van der Waals surface area contributed by atoms with Crippen LogP contribution in [0.3, 0.4) is 0 Å². The van der Waals surface area contributed by atoms with Gasteiger partial charge in [0, 0.05) is 11.8 Å². The van der Waals surface area contributed by atoms with E-state index in [-0.39, 0.29) is 5.41 Å². The van der Waals surface area contributed by atoms with Gasteiger partial charge in [0.1, 0.15) is 5.82 Å². The first-order valence-corrected chi connectivity index (χ1v) is 3.98. The van der Waals surface area contributed by atoms with Crippen LogP contribution in [0, 0.1) is 12.4 Å². The molecule has 0 aromatic carbocycles. The largest absolute Gasteiger partial charge is 0.273 e. The zero-order valence-corrected chi connectivity index (χ0v) is 7.93. The lowest BCUT2D eigenvalue weighted by molar-refractivity contribution is 0.522. The fraction of sp³-hybridized carbons (Fsp3) is 0.400. The van der Waals surface area contributed by atoms with Gasteiger partial charge in [-0.3, -0.25) is 4.98 Å². The maximum Gasteiger partial charge on any atom is 0.211 e. The molecule has 0 spiro atoms. The fourth-order valence-electron chi connectivity index (χ4n) is 1.25. The summed E-state index contributed by atoms with van der Waals surface area (Å²) in [6.07, 6.45) is 2.55. The molecular formula is C10H11FN2. The van der Waals surface area contributed by atoms with E-state index < -0.39 is 5.82 Å². The molecular weight excluding hydrogens is 167 g/mol. The van der Waals surface area contributed by atoms with Crippen molar-refractivity contribution in [3.63, 3.8) is 0 Å². The van der Waals surface area contributed by atoms with Crippen LogP contribution in [0.1, 0.15) is 26.3 Å². The van der Waals surface area contributed by atoms with Gasteiger partial charge in [-0.2, -0.15) is 0 Å². The number of aromatic nitrogens is 1. The fourth-order valence-corrected chi connectivity index (χ4v) is 1.25. The number of rotatable bonds is 0. The van der Waals surface area contributed by atoms with E-state index in [0.29, 0.717) is 11.3 Å². The molecule has 0 fully saturated rings. The van der Waals surface area contributed by atoms with Gasteiger partial charge in [0.15, 0.2) is 0 Å². The summed E-state index contributed by atoms with van der Waals surface area (Å²) in [4.78, 5) is 6.89. The van der Waals surface area contributed by atoms with Crippen molar-refractivity contribution in [2.45, 2.75) is 26.2 Å². The highest BCUT2D eigenvalue weighted by Crippen LogP contribution is 2.32. The van der Waals surface area contributed by atoms with E-state index in [1.165, 1.54) is 6.20 Å². The zero-order valence-electron chi connectivity index (χ0n) is 7.93. The molecule has 1 aromatic heterocycles. The van der Waals surface area contributed by atoms with Crippen LogP contribution in [0.5, 0.6) is 0 Å². The lowest BCUT2D eigenvalue weighted by Crippen LogP contribution is -2.13. The molecule has 0 saturated carbocycles. The van der Waals surface area contributed by atoms with E-state index >= 15 is 0 Å². The van der Waals surface area contributed by atoms with Crippen molar-refractivity contribution in [1.29, 1.82) is 0 Å². The standard InChI is InChI=1S/C10H11FN2/c1-10(2,3)9-7(11)5-13-6-8(9)12-4/h5-6H,1-3H3. The molecule has 0 radical (unpaired) electrons. The van der Waals surface area contributed by atoms with Gasteiger partial charge in [-0.1, -0.05) is 20.8 Å². The van der Waals surface area contributed by atoms with Crippen molar-refractivity contribution < 1.29 is 4.39 Å². The summed E-state index contributed by atoms with van der Waals surface area (Å²) in [7, 11) is 0. The SMILES string of the molecule is [C-]#[N+]c1cncc(F)c1C(C)(C)C. The van der Waals surface area contributed by atoms with Gasteiger partial charge in [-0.25, -0.2) is 9.24 Å². The Morgan fingerprint density at radius 3 is 2.38 bits per heavy atom. The van der Waals surface area contributed by atoms with E-state index in [2.05, 4.69) is 9.83 Å². The molecule has 0 atom stereocenters. The van der Waals surface area contributed by atoms with Crippen LogP contribution in [-0.4, -0.2) is 4.98 Å². The van der Waals surface area contributed by atoms with Crippen LogP contribution >= 0.6 is 0 Å². The third-order valence-electron chi connectivity index (χ3n) is 1.75. The molecule has 0 unspecified atom stereocenters. The average molecular weight is 178 g/mol. The summed E-state index contributed by atoms with van der Waals surface area (Å²) < 4.78 is 13.3. The molecule has 68 valence electrons. The molecule has 2 nitrogen and oxygen atoms in total. The molecule has 13 heavy (non-hydrogen) atoms. The van der Waals surface area contributed by atoms with Crippen LogP contribution in [0.15, 0.2) is 12.4 Å². The minimum absolute atomic E-state index is 0.299. The number of pyridine rings is 1. The molecule has 0 aliphatic carbocycles. The van der Waals surface area contributed by atoms with Crippen molar-refractivity contribution in [3.8, 4) is 0 Å². The maximum atomic E-state index is 13.3. The van der Waals surface area contributed by atoms with Crippen LogP contribution < -0.4 is 0 Å². The van der Waals surface area contributed by atoms with Crippen molar-refractivity contribution >= 4 is 5.69 Å². The molecule has 0 N–H and O–H groups in total. The first-order valence-electron chi connectivity index (χ1n) is 3.98. The minimum atomic E-state index is -0.402. The molecule has 1 rings (SSSR count). The molecule has 0 aliphatic rings. The van der Waals surface area contributed by atoms with E-state index in [4.69, 9.17) is 6.57 Å². The Bertz CT molecular complexity index is 358. The third-order valence-corrected chi connectivity index (χ3v) is 1.75. The minimum Gasteiger partial charge on any atom is -0.273 e. The quantitative estimate of drug-likeness (QED) is 0.558. The van der Waals surface area contributed by atoms with Gasteiger partial charge in [0.2, 0.25) is 5.69 Å². The van der Waals surface area contributed by atoms with Gasteiger partial charge in [0.25, 0.3) is 0 Å². The molecule has 3 heteroatoms. The summed E-state index contributed by atoms with van der Waals surface area (Å²) in [5.41, 5.74) is 0.386. The molecule has 1 heterocycles. The Kier molecular flexibility index (Phi) is 2.33. The smallest absolute Gasteiger partial charge is 0.211 e. The van der Waals surface area contributed by atoms with Crippen molar-refractivity contribution in [2.75, 3.05) is 0 Å². The number of nitrogens with zero attached hydrogens (tertiary/aromatic N) is 2. The molecule has 0 amide bonds. The second-order valence-electron chi connectivity index (χ2n) is 3.88. The lowest BCUT2D eigenvalue weighted by atomic mass is 9.86. The van der Waals surface area contributed by atoms with Crippen LogP contribution in [0.25, 0.3) is 4.85 Å². The van der Waals surface area contributed by atoms with Crippen LogP contribution in [0.4, 0.5) is 10.1 Å². The van der Waals surface area contributed by atoms with Crippen LogP contribution in [-0.2, 0) is 5.41 Å². The third kappa shape index (κ3) is 1.83. The van der Waals surface area contributed by atoms with Gasteiger partial charge >= 0.3 is 0 Å².